The summed E-state index contributed by atoms with van der Waals surface area (Å²) in [4.78, 5) is 14.0. The lowest BCUT2D eigenvalue weighted by molar-refractivity contribution is 0.163. The van der Waals surface area contributed by atoms with Crippen LogP contribution in [0.3, 0.4) is 0 Å². The number of nitrogens with one attached hydrogen (secondary N) is 1. The highest BCUT2D eigenvalue weighted by Gasteiger charge is 2.33. The first kappa shape index (κ1) is 13.1. The van der Waals surface area contributed by atoms with E-state index in [0.29, 0.717) is 19.8 Å². The van der Waals surface area contributed by atoms with E-state index in [9.17, 15) is 4.79 Å². The number of ether oxygens (including phenoxy) is 2. The number of carbonyl (C=O) groups is 1. The fraction of sp³-hybridized carbons (Fsp3) is 0.533. The summed E-state index contributed by atoms with van der Waals surface area (Å²) >= 11 is 0. The zero-order chi connectivity index (χ0) is 13.9. The minimum absolute atomic E-state index is 0.00401. The molecule has 5 heteroatoms. The first-order valence-electron chi connectivity index (χ1n) is 7.24. The number of fused-ring (bicyclic) bond motifs is 1. The molecule has 1 saturated heterocycles. The molecule has 20 heavy (non-hydrogen) atoms. The summed E-state index contributed by atoms with van der Waals surface area (Å²) in [6.45, 7) is 4.53. The quantitative estimate of drug-likeness (QED) is 0.902. The van der Waals surface area contributed by atoms with Gasteiger partial charge in [0.1, 0.15) is 13.2 Å². The number of para-hydroxylation sites is 1. The van der Waals surface area contributed by atoms with Crippen molar-refractivity contribution >= 4 is 6.03 Å². The van der Waals surface area contributed by atoms with Crippen molar-refractivity contribution in [2.75, 3.05) is 26.3 Å². The Morgan fingerprint density at radius 3 is 3.10 bits per heavy atom. The van der Waals surface area contributed by atoms with Crippen LogP contribution in [0.1, 0.15) is 31.4 Å². The minimum atomic E-state index is 0.00401. The summed E-state index contributed by atoms with van der Waals surface area (Å²) in [5.74, 6) is 1.59. The van der Waals surface area contributed by atoms with E-state index in [2.05, 4.69) is 5.32 Å². The zero-order valence-electron chi connectivity index (χ0n) is 11.7. The second-order valence-electron chi connectivity index (χ2n) is 5.06. The maximum absolute atomic E-state index is 12.1. The van der Waals surface area contributed by atoms with Crippen LogP contribution < -0.4 is 14.8 Å². The number of rotatable bonds is 2. The monoisotopic (exact) mass is 276 g/mol. The molecule has 108 valence electrons. The molecule has 0 aliphatic carbocycles. The number of benzene rings is 1. The summed E-state index contributed by atoms with van der Waals surface area (Å²) in [6.07, 6.45) is 1.99. The van der Waals surface area contributed by atoms with Crippen molar-refractivity contribution in [3.8, 4) is 11.5 Å². The predicted octanol–water partition coefficient (Wildman–Crippen LogP) is 2.32. The molecule has 2 aliphatic rings. The van der Waals surface area contributed by atoms with Crippen molar-refractivity contribution in [2.45, 2.75) is 25.8 Å². The summed E-state index contributed by atoms with van der Waals surface area (Å²) in [5.41, 5.74) is 1.06. The highest BCUT2D eigenvalue weighted by molar-refractivity contribution is 5.75. The van der Waals surface area contributed by atoms with Gasteiger partial charge in [-0.1, -0.05) is 12.1 Å². The molecule has 1 fully saturated rings. The topological polar surface area (TPSA) is 50.8 Å². The van der Waals surface area contributed by atoms with Crippen LogP contribution in [0.5, 0.6) is 11.5 Å². The Morgan fingerprint density at radius 1 is 1.40 bits per heavy atom. The molecule has 1 aromatic carbocycles. The van der Waals surface area contributed by atoms with Crippen molar-refractivity contribution in [1.29, 1.82) is 0 Å². The molecule has 1 atom stereocenters. The lowest BCUT2D eigenvalue weighted by Gasteiger charge is -2.28. The second kappa shape index (κ2) is 5.61. The average Bonchev–Trinajstić information content (AvgIpc) is 2.96. The number of nitrogens with zero attached hydrogens (tertiary/aromatic N) is 1. The molecule has 2 amide bonds. The first-order chi connectivity index (χ1) is 9.81. The molecule has 0 aromatic heterocycles. The van der Waals surface area contributed by atoms with Crippen molar-refractivity contribution < 1.29 is 14.3 Å². The highest BCUT2D eigenvalue weighted by atomic mass is 16.6. The second-order valence-corrected chi connectivity index (χ2v) is 5.06. The van der Waals surface area contributed by atoms with Crippen molar-refractivity contribution in [3.63, 3.8) is 0 Å². The van der Waals surface area contributed by atoms with E-state index in [-0.39, 0.29) is 12.1 Å². The van der Waals surface area contributed by atoms with Gasteiger partial charge in [-0.05, 0) is 25.8 Å². The maximum atomic E-state index is 12.1. The fourth-order valence-electron chi connectivity index (χ4n) is 2.94. The van der Waals surface area contributed by atoms with Gasteiger partial charge in [0.2, 0.25) is 0 Å². The third-order valence-corrected chi connectivity index (χ3v) is 3.80. The predicted molar refractivity (Wildman–Crippen MR) is 75.2 cm³/mol. The molecule has 0 saturated carbocycles. The zero-order valence-corrected chi connectivity index (χ0v) is 11.7. The summed E-state index contributed by atoms with van der Waals surface area (Å²) in [7, 11) is 0. The molecule has 5 nitrogen and oxygen atoms in total. The van der Waals surface area contributed by atoms with E-state index in [1.54, 1.807) is 0 Å². The van der Waals surface area contributed by atoms with E-state index in [1.807, 2.05) is 30.0 Å². The van der Waals surface area contributed by atoms with Gasteiger partial charge >= 0.3 is 6.03 Å². The van der Waals surface area contributed by atoms with Crippen molar-refractivity contribution in [2.24, 2.45) is 0 Å². The van der Waals surface area contributed by atoms with Crippen LogP contribution in [0.25, 0.3) is 0 Å². The molecule has 0 bridgehead atoms. The number of carbonyl (C=O) groups excluding carboxylic acids is 1. The molecule has 0 unspecified atom stereocenters. The van der Waals surface area contributed by atoms with Gasteiger partial charge in [0, 0.05) is 18.7 Å². The molecule has 3 rings (SSSR count). The molecule has 2 aliphatic heterocycles. The summed E-state index contributed by atoms with van der Waals surface area (Å²) in [6, 6.07) is 6.01. The van der Waals surface area contributed by atoms with Crippen LogP contribution in [-0.4, -0.2) is 37.2 Å². The van der Waals surface area contributed by atoms with Gasteiger partial charge in [-0.2, -0.15) is 0 Å². The van der Waals surface area contributed by atoms with Crippen LogP contribution in [0, 0.1) is 0 Å². The molecular formula is C15H20N2O3. The summed E-state index contributed by atoms with van der Waals surface area (Å²) in [5, 5.41) is 2.88. The Balaban J connectivity index is 1.90. The smallest absolute Gasteiger partial charge is 0.317 e. The maximum Gasteiger partial charge on any atom is 0.317 e. The minimum Gasteiger partial charge on any atom is -0.486 e. The number of likely N-dealkylation sites (tertiary alicyclic amines) is 1. The van der Waals surface area contributed by atoms with Gasteiger partial charge < -0.3 is 19.7 Å². The molecule has 1 N–H and O–H groups in total. The van der Waals surface area contributed by atoms with Gasteiger partial charge in [0.05, 0.1) is 6.04 Å². The van der Waals surface area contributed by atoms with Crippen LogP contribution in [0.4, 0.5) is 4.79 Å². The van der Waals surface area contributed by atoms with Crippen molar-refractivity contribution in [3.05, 3.63) is 23.8 Å². The molecular weight excluding hydrogens is 256 g/mol. The third-order valence-electron chi connectivity index (χ3n) is 3.80. The largest absolute Gasteiger partial charge is 0.486 e. The molecule has 0 spiro atoms. The van der Waals surface area contributed by atoms with E-state index in [4.69, 9.17) is 9.47 Å². The number of hydrogen-bond donors (Lipinski definition) is 1. The van der Waals surface area contributed by atoms with Gasteiger partial charge in [-0.3, -0.25) is 0 Å². The highest BCUT2D eigenvalue weighted by Crippen LogP contribution is 2.42. The Morgan fingerprint density at radius 2 is 2.25 bits per heavy atom. The first-order valence-corrected chi connectivity index (χ1v) is 7.24. The Labute approximate surface area is 118 Å². The van der Waals surface area contributed by atoms with Crippen LogP contribution >= 0.6 is 0 Å². The molecule has 1 aromatic rings. The Bertz CT molecular complexity index is 504. The van der Waals surface area contributed by atoms with Gasteiger partial charge in [-0.25, -0.2) is 4.79 Å². The normalized spacial score (nSPS) is 20.9. The number of hydrogen-bond acceptors (Lipinski definition) is 3. The standard InChI is InChI=1S/C15H20N2O3/c1-2-16-15(18)17-8-4-6-12(17)11-5-3-7-13-14(11)20-10-9-19-13/h3,5,7,12H,2,4,6,8-10H2,1H3,(H,16,18)/t12-/m1/s1. The third kappa shape index (κ3) is 2.28. The number of amides is 2. The van der Waals surface area contributed by atoms with Crippen LogP contribution in [-0.2, 0) is 0 Å². The van der Waals surface area contributed by atoms with Gasteiger partial charge in [-0.15, -0.1) is 0 Å². The van der Waals surface area contributed by atoms with E-state index >= 15 is 0 Å². The SMILES string of the molecule is CCNC(=O)N1CCC[C@@H]1c1cccc2c1OCCO2. The fourth-order valence-corrected chi connectivity index (χ4v) is 2.94. The van der Waals surface area contributed by atoms with Gasteiger partial charge in [0.15, 0.2) is 11.5 Å². The van der Waals surface area contributed by atoms with Crippen LogP contribution in [0.15, 0.2) is 18.2 Å². The molecule has 0 radical (unpaired) electrons. The lowest BCUT2D eigenvalue weighted by Crippen LogP contribution is -2.39. The Hall–Kier alpha value is -1.91. The van der Waals surface area contributed by atoms with E-state index < -0.39 is 0 Å². The number of urea groups is 1. The Kier molecular flexibility index (Phi) is 3.67. The summed E-state index contributed by atoms with van der Waals surface area (Å²) < 4.78 is 11.4. The van der Waals surface area contributed by atoms with Gasteiger partial charge in [0.25, 0.3) is 0 Å². The average molecular weight is 276 g/mol. The molecule has 2 heterocycles. The lowest BCUT2D eigenvalue weighted by atomic mass is 10.0. The van der Waals surface area contributed by atoms with Crippen molar-refractivity contribution in [1.82, 2.24) is 10.2 Å². The van der Waals surface area contributed by atoms with E-state index in [0.717, 1.165) is 36.4 Å². The van der Waals surface area contributed by atoms with E-state index in [1.165, 1.54) is 0 Å². The van der Waals surface area contributed by atoms with Crippen LogP contribution in [0.2, 0.25) is 0 Å².